The molecule has 0 aromatic rings. The molecule has 0 N–H and O–H groups in total. The Hall–Kier alpha value is -0.590. The van der Waals surface area contributed by atoms with Crippen LogP contribution in [0.25, 0.3) is 0 Å². The Bertz CT molecular complexity index is 97.0. The van der Waals surface area contributed by atoms with E-state index < -0.39 is 0 Å². The van der Waals surface area contributed by atoms with Gasteiger partial charge in [-0.05, 0) is 26.8 Å². The Morgan fingerprint density at radius 3 is 2.50 bits per heavy atom. The van der Waals surface area contributed by atoms with Crippen LogP contribution in [-0.2, 0) is 0 Å². The molecule has 0 rings (SSSR count). The monoisotopic (exact) mass is 111 g/mol. The molecule has 0 radical (unpaired) electrons. The van der Waals surface area contributed by atoms with Crippen LogP contribution in [0.15, 0.2) is 16.6 Å². The maximum Gasteiger partial charge on any atom is 0.0360 e. The molecule has 0 aromatic carbocycles. The maximum atomic E-state index is 4.01. The van der Waals surface area contributed by atoms with Crippen molar-refractivity contribution in [1.82, 2.24) is 0 Å². The van der Waals surface area contributed by atoms with Crippen LogP contribution in [0.5, 0.6) is 0 Å². The molecule has 0 amide bonds. The Morgan fingerprint density at radius 2 is 2.12 bits per heavy atom. The van der Waals surface area contributed by atoms with Gasteiger partial charge in [0.2, 0.25) is 0 Å². The lowest BCUT2D eigenvalue weighted by molar-refractivity contribution is 1.14. The van der Waals surface area contributed by atoms with Gasteiger partial charge in [0.1, 0.15) is 0 Å². The van der Waals surface area contributed by atoms with Gasteiger partial charge in [0, 0.05) is 12.8 Å². The molecule has 0 aliphatic heterocycles. The summed E-state index contributed by atoms with van der Waals surface area (Å²) in [5, 5.41) is 0. The van der Waals surface area contributed by atoms with Crippen molar-refractivity contribution in [2.24, 2.45) is 4.99 Å². The lowest BCUT2D eigenvalue weighted by Gasteiger charge is -1.80. The number of allylic oxidation sites excluding steroid dienone is 2. The molecular weight excluding hydrogens is 98.1 g/mol. The van der Waals surface area contributed by atoms with Gasteiger partial charge in [0.15, 0.2) is 0 Å². The zero-order chi connectivity index (χ0) is 6.41. The first-order valence-corrected chi connectivity index (χ1v) is 2.90. The van der Waals surface area contributed by atoms with E-state index in [0.29, 0.717) is 0 Å². The number of hydrogen-bond donors (Lipinski definition) is 0. The Kier molecular flexibility index (Phi) is 4.23. The highest BCUT2D eigenvalue weighted by Gasteiger charge is 1.68. The lowest BCUT2D eigenvalue weighted by atomic mass is 10.3. The van der Waals surface area contributed by atoms with Gasteiger partial charge in [-0.15, -0.1) is 0 Å². The van der Waals surface area contributed by atoms with E-state index in [0.717, 1.165) is 6.54 Å². The molecule has 46 valence electrons. The van der Waals surface area contributed by atoms with Crippen molar-refractivity contribution in [2.45, 2.75) is 20.8 Å². The molecule has 0 aromatic heterocycles. The third-order valence-electron chi connectivity index (χ3n) is 0.696. The Balaban J connectivity index is 3.42. The summed E-state index contributed by atoms with van der Waals surface area (Å²) < 4.78 is 0. The predicted octanol–water partition coefficient (Wildman–Crippen LogP) is 2.04. The normalized spacial score (nSPS) is 9.88. The summed E-state index contributed by atoms with van der Waals surface area (Å²) in [7, 11) is 0. The third-order valence-corrected chi connectivity index (χ3v) is 0.696. The van der Waals surface area contributed by atoms with Crippen LogP contribution in [0.2, 0.25) is 0 Å². The number of rotatable bonds is 2. The minimum Gasteiger partial charge on any atom is -0.293 e. The number of hydrogen-bond acceptors (Lipinski definition) is 1. The van der Waals surface area contributed by atoms with Gasteiger partial charge in [-0.1, -0.05) is 5.57 Å². The zero-order valence-corrected chi connectivity index (χ0v) is 5.81. The van der Waals surface area contributed by atoms with E-state index in [2.05, 4.69) is 18.8 Å². The molecule has 0 aliphatic carbocycles. The highest BCUT2D eigenvalue weighted by atomic mass is 14.7. The highest BCUT2D eigenvalue weighted by Crippen LogP contribution is 1.83. The van der Waals surface area contributed by atoms with Crippen molar-refractivity contribution in [3.63, 3.8) is 0 Å². The van der Waals surface area contributed by atoms with E-state index in [4.69, 9.17) is 0 Å². The summed E-state index contributed by atoms with van der Waals surface area (Å²) in [6, 6.07) is 0. The van der Waals surface area contributed by atoms with E-state index >= 15 is 0 Å². The molecule has 1 nitrogen and oxygen atoms in total. The Morgan fingerprint density at radius 1 is 1.50 bits per heavy atom. The second-order valence-electron chi connectivity index (χ2n) is 1.89. The quantitative estimate of drug-likeness (QED) is 0.483. The predicted molar refractivity (Wildman–Crippen MR) is 38.5 cm³/mol. The average molecular weight is 111 g/mol. The standard InChI is InChI=1S/C7H13N/c1-4-8-6-5-7(2)3/h5-6H,4H2,1-3H3. The summed E-state index contributed by atoms with van der Waals surface area (Å²) in [5.74, 6) is 0. The van der Waals surface area contributed by atoms with Crippen LogP contribution >= 0.6 is 0 Å². The zero-order valence-electron chi connectivity index (χ0n) is 5.81. The van der Waals surface area contributed by atoms with Crippen LogP contribution in [0.3, 0.4) is 0 Å². The summed E-state index contributed by atoms with van der Waals surface area (Å²) in [4.78, 5) is 4.01. The highest BCUT2D eigenvalue weighted by molar-refractivity contribution is 5.71. The van der Waals surface area contributed by atoms with Crippen molar-refractivity contribution in [3.8, 4) is 0 Å². The second kappa shape index (κ2) is 4.57. The molecule has 0 saturated heterocycles. The van der Waals surface area contributed by atoms with Crippen LogP contribution in [0, 0.1) is 0 Å². The molecule has 0 aliphatic rings. The van der Waals surface area contributed by atoms with Crippen LogP contribution in [0.1, 0.15) is 20.8 Å². The lowest BCUT2D eigenvalue weighted by Crippen LogP contribution is -1.70. The molecule has 0 heterocycles. The maximum absolute atomic E-state index is 4.01. The molecule has 0 bridgehead atoms. The fourth-order valence-corrected chi connectivity index (χ4v) is 0.307. The topological polar surface area (TPSA) is 12.4 Å². The molecular formula is C7H13N. The number of aliphatic imine (C=N–C) groups is 1. The first-order valence-electron chi connectivity index (χ1n) is 2.90. The largest absolute Gasteiger partial charge is 0.293 e. The van der Waals surface area contributed by atoms with Gasteiger partial charge in [-0.25, -0.2) is 0 Å². The van der Waals surface area contributed by atoms with Gasteiger partial charge >= 0.3 is 0 Å². The van der Waals surface area contributed by atoms with Crippen LogP contribution in [-0.4, -0.2) is 12.8 Å². The molecule has 0 saturated carbocycles. The summed E-state index contributed by atoms with van der Waals surface area (Å²) in [6.07, 6.45) is 3.85. The van der Waals surface area contributed by atoms with Gasteiger partial charge in [0.25, 0.3) is 0 Å². The van der Waals surface area contributed by atoms with Crippen LogP contribution < -0.4 is 0 Å². The smallest absolute Gasteiger partial charge is 0.0360 e. The van der Waals surface area contributed by atoms with Crippen molar-refractivity contribution in [1.29, 1.82) is 0 Å². The molecule has 1 heteroatoms. The fourth-order valence-electron chi connectivity index (χ4n) is 0.307. The minimum atomic E-state index is 0.879. The van der Waals surface area contributed by atoms with Crippen LogP contribution in [0.4, 0.5) is 0 Å². The molecule has 0 fully saturated rings. The van der Waals surface area contributed by atoms with E-state index in [-0.39, 0.29) is 0 Å². The second-order valence-corrected chi connectivity index (χ2v) is 1.89. The van der Waals surface area contributed by atoms with E-state index in [1.54, 1.807) is 0 Å². The Labute approximate surface area is 51.1 Å². The van der Waals surface area contributed by atoms with E-state index in [1.807, 2.05) is 19.2 Å². The van der Waals surface area contributed by atoms with Gasteiger partial charge in [-0.3, -0.25) is 4.99 Å². The summed E-state index contributed by atoms with van der Waals surface area (Å²) >= 11 is 0. The van der Waals surface area contributed by atoms with Gasteiger partial charge < -0.3 is 0 Å². The molecule has 0 spiro atoms. The SMILES string of the molecule is CCN=CC=C(C)C. The van der Waals surface area contributed by atoms with Crippen molar-refractivity contribution in [2.75, 3.05) is 6.54 Å². The van der Waals surface area contributed by atoms with E-state index in [1.165, 1.54) is 5.57 Å². The first-order chi connectivity index (χ1) is 3.77. The molecule has 0 unspecified atom stereocenters. The summed E-state index contributed by atoms with van der Waals surface area (Å²) in [6.45, 7) is 7.02. The fraction of sp³-hybridized carbons (Fsp3) is 0.571. The number of nitrogens with zero attached hydrogens (tertiary/aromatic N) is 1. The third kappa shape index (κ3) is 5.41. The summed E-state index contributed by atoms with van der Waals surface area (Å²) in [5.41, 5.74) is 1.29. The van der Waals surface area contributed by atoms with Crippen molar-refractivity contribution >= 4 is 6.21 Å². The van der Waals surface area contributed by atoms with E-state index in [9.17, 15) is 0 Å². The average Bonchev–Trinajstić information content (AvgIpc) is 1.66. The van der Waals surface area contributed by atoms with Gasteiger partial charge in [-0.2, -0.15) is 0 Å². The first kappa shape index (κ1) is 7.41. The van der Waals surface area contributed by atoms with Crippen molar-refractivity contribution in [3.05, 3.63) is 11.6 Å². The molecule has 0 atom stereocenters. The minimum absolute atomic E-state index is 0.879. The molecule has 8 heavy (non-hydrogen) atoms. The van der Waals surface area contributed by atoms with Crippen molar-refractivity contribution < 1.29 is 0 Å². The van der Waals surface area contributed by atoms with Gasteiger partial charge in [0.05, 0.1) is 0 Å².